The summed E-state index contributed by atoms with van der Waals surface area (Å²) < 4.78 is 22.8. The largest absolute Gasteiger partial charge is 0.229 e. The van der Waals surface area contributed by atoms with E-state index >= 15 is 0 Å². The molecule has 1 heterocycles. The topological polar surface area (TPSA) is 34.1 Å². The molecule has 0 aromatic carbocycles. The van der Waals surface area contributed by atoms with Gasteiger partial charge in [-0.1, -0.05) is 0 Å². The standard InChI is InChI=1S/C8H11BrO2S3/c1-14(10,11)5-4-12-6-8-7(9)2-3-13-8/h2-3H,4-6H2,1H3. The highest BCUT2D eigenvalue weighted by Gasteiger charge is 2.04. The highest BCUT2D eigenvalue weighted by atomic mass is 79.9. The van der Waals surface area contributed by atoms with E-state index in [2.05, 4.69) is 15.9 Å². The van der Waals surface area contributed by atoms with Crippen LogP contribution in [0.25, 0.3) is 0 Å². The lowest BCUT2D eigenvalue weighted by molar-refractivity contribution is 0.603. The molecule has 0 bridgehead atoms. The minimum absolute atomic E-state index is 0.265. The molecule has 0 saturated heterocycles. The lowest BCUT2D eigenvalue weighted by Crippen LogP contribution is -2.05. The van der Waals surface area contributed by atoms with E-state index in [0.717, 1.165) is 10.2 Å². The molecule has 0 aliphatic heterocycles. The lowest BCUT2D eigenvalue weighted by Gasteiger charge is -1.99. The van der Waals surface area contributed by atoms with Crippen LogP contribution in [0.1, 0.15) is 4.88 Å². The minimum Gasteiger partial charge on any atom is -0.229 e. The van der Waals surface area contributed by atoms with E-state index in [1.165, 1.54) is 11.1 Å². The first-order valence-corrected chi connectivity index (χ1v) is 8.85. The van der Waals surface area contributed by atoms with Crippen molar-refractivity contribution in [1.82, 2.24) is 0 Å². The SMILES string of the molecule is CS(=O)(=O)CCSCc1sccc1Br. The fourth-order valence-corrected chi connectivity index (χ4v) is 4.96. The molecular formula is C8H11BrO2S3. The molecule has 0 fully saturated rings. The summed E-state index contributed by atoms with van der Waals surface area (Å²) in [7, 11) is -2.80. The molecule has 0 aliphatic rings. The second-order valence-corrected chi connectivity index (χ2v) is 8.09. The van der Waals surface area contributed by atoms with Gasteiger partial charge in [0.1, 0.15) is 9.84 Å². The zero-order valence-corrected chi connectivity index (χ0v) is 11.7. The van der Waals surface area contributed by atoms with Crippen LogP contribution in [-0.4, -0.2) is 26.2 Å². The zero-order valence-electron chi connectivity index (χ0n) is 7.70. The second-order valence-electron chi connectivity index (χ2n) is 2.87. The van der Waals surface area contributed by atoms with E-state index in [1.54, 1.807) is 23.1 Å². The van der Waals surface area contributed by atoms with Gasteiger partial charge in [-0.3, -0.25) is 0 Å². The maximum Gasteiger partial charge on any atom is 0.148 e. The molecule has 0 atom stereocenters. The molecular weight excluding hydrogens is 304 g/mol. The number of hydrogen-bond donors (Lipinski definition) is 0. The third-order valence-corrected chi connectivity index (χ3v) is 5.82. The Labute approximate surface area is 101 Å². The van der Waals surface area contributed by atoms with Gasteiger partial charge >= 0.3 is 0 Å². The maximum atomic E-state index is 10.8. The highest BCUT2D eigenvalue weighted by molar-refractivity contribution is 9.10. The Morgan fingerprint density at radius 2 is 2.29 bits per heavy atom. The van der Waals surface area contributed by atoms with Gasteiger partial charge in [-0.05, 0) is 27.4 Å². The van der Waals surface area contributed by atoms with Gasteiger partial charge in [0, 0.05) is 27.1 Å². The van der Waals surface area contributed by atoms with Crippen molar-refractivity contribution in [3.05, 3.63) is 20.8 Å². The predicted molar refractivity (Wildman–Crippen MR) is 67.9 cm³/mol. The number of thioether (sulfide) groups is 1. The quantitative estimate of drug-likeness (QED) is 0.784. The van der Waals surface area contributed by atoms with Crippen molar-refractivity contribution in [3.63, 3.8) is 0 Å². The van der Waals surface area contributed by atoms with Crippen LogP contribution >= 0.6 is 39.0 Å². The van der Waals surface area contributed by atoms with Crippen LogP contribution in [0.2, 0.25) is 0 Å². The monoisotopic (exact) mass is 314 g/mol. The smallest absolute Gasteiger partial charge is 0.148 e. The van der Waals surface area contributed by atoms with Crippen LogP contribution in [0, 0.1) is 0 Å². The fourth-order valence-electron chi connectivity index (χ4n) is 0.803. The Hall–Kier alpha value is 0.480. The van der Waals surface area contributed by atoms with Crippen molar-refractivity contribution in [3.8, 4) is 0 Å². The summed E-state index contributed by atoms with van der Waals surface area (Å²) in [4.78, 5) is 1.27. The summed E-state index contributed by atoms with van der Waals surface area (Å²) in [5.74, 6) is 1.82. The second kappa shape index (κ2) is 5.53. The lowest BCUT2D eigenvalue weighted by atomic mass is 10.5. The van der Waals surface area contributed by atoms with Crippen molar-refractivity contribution < 1.29 is 8.42 Å². The van der Waals surface area contributed by atoms with Crippen LogP contribution in [0.4, 0.5) is 0 Å². The first kappa shape index (κ1) is 12.5. The molecule has 1 rings (SSSR count). The summed E-state index contributed by atoms with van der Waals surface area (Å²) in [5, 5.41) is 2.02. The van der Waals surface area contributed by atoms with Crippen LogP contribution in [-0.2, 0) is 15.6 Å². The Bertz CT molecular complexity index is 383. The first-order chi connectivity index (χ1) is 6.49. The van der Waals surface area contributed by atoms with Crippen LogP contribution in [0.15, 0.2) is 15.9 Å². The molecule has 2 nitrogen and oxygen atoms in total. The molecule has 0 saturated carbocycles. The van der Waals surface area contributed by atoms with Gasteiger partial charge in [0.25, 0.3) is 0 Å². The maximum absolute atomic E-state index is 10.8. The van der Waals surface area contributed by atoms with E-state index in [4.69, 9.17) is 0 Å². The normalized spacial score (nSPS) is 11.9. The van der Waals surface area contributed by atoms with Gasteiger partial charge < -0.3 is 0 Å². The Morgan fingerprint density at radius 1 is 1.57 bits per heavy atom. The van der Waals surface area contributed by atoms with Gasteiger partial charge in [-0.2, -0.15) is 11.8 Å². The summed E-state index contributed by atoms with van der Waals surface area (Å²) in [6, 6.07) is 2.01. The number of rotatable bonds is 5. The van der Waals surface area contributed by atoms with Crippen molar-refractivity contribution in [2.75, 3.05) is 17.8 Å². The fraction of sp³-hybridized carbons (Fsp3) is 0.500. The Balaban J connectivity index is 2.26. The molecule has 0 amide bonds. The van der Waals surface area contributed by atoms with Gasteiger partial charge in [-0.15, -0.1) is 11.3 Å². The highest BCUT2D eigenvalue weighted by Crippen LogP contribution is 2.26. The number of sulfone groups is 1. The van der Waals surface area contributed by atoms with Crippen LogP contribution in [0.3, 0.4) is 0 Å². The summed E-state index contributed by atoms with van der Waals surface area (Å²) >= 11 is 6.78. The van der Waals surface area contributed by atoms with Gasteiger partial charge in [0.15, 0.2) is 0 Å². The van der Waals surface area contributed by atoms with E-state index < -0.39 is 9.84 Å². The van der Waals surface area contributed by atoms with Crippen LogP contribution < -0.4 is 0 Å². The van der Waals surface area contributed by atoms with E-state index in [9.17, 15) is 8.42 Å². The van der Waals surface area contributed by atoms with Crippen LogP contribution in [0.5, 0.6) is 0 Å². The number of thiophene rings is 1. The van der Waals surface area contributed by atoms with Gasteiger partial charge in [-0.25, -0.2) is 8.42 Å². The number of hydrogen-bond acceptors (Lipinski definition) is 4. The predicted octanol–water partition coefficient (Wildman–Crippen LogP) is 2.79. The average Bonchev–Trinajstić information content (AvgIpc) is 2.44. The van der Waals surface area contributed by atoms with Crippen molar-refractivity contribution in [2.45, 2.75) is 5.75 Å². The van der Waals surface area contributed by atoms with Gasteiger partial charge in [0.2, 0.25) is 0 Å². The molecule has 0 radical (unpaired) electrons. The molecule has 80 valence electrons. The molecule has 0 aliphatic carbocycles. The molecule has 14 heavy (non-hydrogen) atoms. The Kier molecular flexibility index (Phi) is 4.96. The molecule has 0 N–H and O–H groups in total. The molecule has 1 aromatic rings. The van der Waals surface area contributed by atoms with Crippen molar-refractivity contribution in [1.29, 1.82) is 0 Å². The summed E-state index contributed by atoms with van der Waals surface area (Å²) in [5.41, 5.74) is 0. The van der Waals surface area contributed by atoms with Crippen molar-refractivity contribution >= 4 is 48.9 Å². The van der Waals surface area contributed by atoms with Crippen molar-refractivity contribution in [2.24, 2.45) is 0 Å². The summed E-state index contributed by atoms with van der Waals surface area (Å²) in [6.45, 7) is 0. The van der Waals surface area contributed by atoms with E-state index in [1.807, 2.05) is 11.4 Å². The number of halogens is 1. The first-order valence-electron chi connectivity index (χ1n) is 3.96. The van der Waals surface area contributed by atoms with E-state index in [0.29, 0.717) is 5.75 Å². The van der Waals surface area contributed by atoms with Gasteiger partial charge in [0.05, 0.1) is 5.75 Å². The minimum atomic E-state index is -2.80. The molecule has 0 spiro atoms. The molecule has 0 unspecified atom stereocenters. The molecule has 6 heteroatoms. The third kappa shape index (κ3) is 4.82. The third-order valence-electron chi connectivity index (χ3n) is 1.52. The molecule has 1 aromatic heterocycles. The zero-order chi connectivity index (χ0) is 10.6. The summed E-state index contributed by atoms with van der Waals surface area (Å²) in [6.07, 6.45) is 1.27. The van der Waals surface area contributed by atoms with E-state index in [-0.39, 0.29) is 5.75 Å². The average molecular weight is 315 g/mol. The Morgan fingerprint density at radius 3 is 2.79 bits per heavy atom.